The van der Waals surface area contributed by atoms with Gasteiger partial charge >= 0.3 is 0 Å². The summed E-state index contributed by atoms with van der Waals surface area (Å²) >= 11 is 6.30. The maximum atomic E-state index is 6.30. The third-order valence-corrected chi connectivity index (χ3v) is 3.89. The lowest BCUT2D eigenvalue weighted by Gasteiger charge is -2.27. The van der Waals surface area contributed by atoms with Crippen molar-refractivity contribution in [2.75, 3.05) is 6.54 Å². The summed E-state index contributed by atoms with van der Waals surface area (Å²) in [7, 11) is 1.91. The Morgan fingerprint density at radius 1 is 1.50 bits per heavy atom. The van der Waals surface area contributed by atoms with Gasteiger partial charge in [0.2, 0.25) is 0 Å². The molecule has 0 radical (unpaired) electrons. The second kappa shape index (κ2) is 5.64. The molecule has 5 heteroatoms. The highest BCUT2D eigenvalue weighted by molar-refractivity contribution is 6.20. The first-order valence-electron chi connectivity index (χ1n) is 5.95. The molecule has 90 valence electrons. The van der Waals surface area contributed by atoms with Crippen LogP contribution < -0.4 is 5.32 Å². The van der Waals surface area contributed by atoms with E-state index in [9.17, 15) is 0 Å². The third-order valence-electron chi connectivity index (χ3n) is 3.31. The summed E-state index contributed by atoms with van der Waals surface area (Å²) in [6, 6.07) is 0. The summed E-state index contributed by atoms with van der Waals surface area (Å²) < 4.78 is 1.80. The molecule has 1 fully saturated rings. The Morgan fingerprint density at radius 2 is 2.31 bits per heavy atom. The van der Waals surface area contributed by atoms with Crippen LogP contribution in [0.25, 0.3) is 0 Å². The summed E-state index contributed by atoms with van der Waals surface area (Å²) in [6.07, 6.45) is 6.60. The third kappa shape index (κ3) is 2.95. The van der Waals surface area contributed by atoms with Crippen molar-refractivity contribution in [2.45, 2.75) is 37.6 Å². The monoisotopic (exact) mass is 242 g/mol. The molecule has 0 saturated heterocycles. The summed E-state index contributed by atoms with van der Waals surface area (Å²) in [6.45, 7) is 1.76. The topological polar surface area (TPSA) is 42.7 Å². The quantitative estimate of drug-likeness (QED) is 0.818. The highest BCUT2D eigenvalue weighted by Gasteiger charge is 2.22. The van der Waals surface area contributed by atoms with Gasteiger partial charge in [0.05, 0.1) is 6.54 Å². The van der Waals surface area contributed by atoms with E-state index in [1.807, 2.05) is 7.05 Å². The first-order chi connectivity index (χ1) is 7.77. The number of hydrogen-bond acceptors (Lipinski definition) is 3. The van der Waals surface area contributed by atoms with E-state index in [1.54, 1.807) is 11.0 Å². The van der Waals surface area contributed by atoms with Crippen LogP contribution >= 0.6 is 11.6 Å². The number of aryl methyl sites for hydroxylation is 1. The predicted octanol–water partition coefficient (Wildman–Crippen LogP) is 1.70. The van der Waals surface area contributed by atoms with E-state index < -0.39 is 0 Å². The Kier molecular flexibility index (Phi) is 4.18. The molecule has 1 N–H and O–H groups in total. The van der Waals surface area contributed by atoms with Gasteiger partial charge in [0.1, 0.15) is 12.2 Å². The Hall–Kier alpha value is -0.610. The second-order valence-corrected chi connectivity index (χ2v) is 5.05. The molecule has 1 saturated carbocycles. The van der Waals surface area contributed by atoms with Crippen LogP contribution in [-0.2, 0) is 13.6 Å². The highest BCUT2D eigenvalue weighted by Crippen LogP contribution is 2.27. The number of rotatable bonds is 4. The maximum absolute atomic E-state index is 6.30. The zero-order valence-electron chi connectivity index (χ0n) is 9.69. The second-order valence-electron chi connectivity index (χ2n) is 4.49. The van der Waals surface area contributed by atoms with Crippen LogP contribution in [0.2, 0.25) is 0 Å². The van der Waals surface area contributed by atoms with E-state index in [2.05, 4.69) is 15.4 Å². The summed E-state index contributed by atoms with van der Waals surface area (Å²) in [5.41, 5.74) is 0. The standard InChI is InChI=1S/C11H19ClN4/c1-16-11(14-8-15-16)7-13-6-9-4-2-3-5-10(9)12/h8-10,13H,2-7H2,1H3. The van der Waals surface area contributed by atoms with Gasteiger partial charge in [-0.2, -0.15) is 5.10 Å². The zero-order chi connectivity index (χ0) is 11.4. The average molecular weight is 243 g/mol. The van der Waals surface area contributed by atoms with Gasteiger partial charge in [-0.3, -0.25) is 4.68 Å². The van der Waals surface area contributed by atoms with Crippen molar-refractivity contribution in [2.24, 2.45) is 13.0 Å². The molecule has 1 aliphatic carbocycles. The van der Waals surface area contributed by atoms with E-state index in [1.165, 1.54) is 19.3 Å². The van der Waals surface area contributed by atoms with Crippen LogP contribution in [0.15, 0.2) is 6.33 Å². The highest BCUT2D eigenvalue weighted by atomic mass is 35.5. The van der Waals surface area contributed by atoms with Crippen LogP contribution in [0.4, 0.5) is 0 Å². The zero-order valence-corrected chi connectivity index (χ0v) is 10.5. The van der Waals surface area contributed by atoms with E-state index in [-0.39, 0.29) is 0 Å². The summed E-state index contributed by atoms with van der Waals surface area (Å²) in [5, 5.41) is 7.81. The summed E-state index contributed by atoms with van der Waals surface area (Å²) in [5.74, 6) is 1.59. The van der Waals surface area contributed by atoms with Gasteiger partial charge in [-0.25, -0.2) is 4.98 Å². The van der Waals surface area contributed by atoms with E-state index in [0.717, 1.165) is 25.3 Å². The van der Waals surface area contributed by atoms with Crippen molar-refractivity contribution in [1.82, 2.24) is 20.1 Å². The van der Waals surface area contributed by atoms with E-state index in [0.29, 0.717) is 11.3 Å². The van der Waals surface area contributed by atoms with Gasteiger partial charge < -0.3 is 5.32 Å². The smallest absolute Gasteiger partial charge is 0.140 e. The van der Waals surface area contributed by atoms with Gasteiger partial charge in [-0.1, -0.05) is 12.8 Å². The lowest BCUT2D eigenvalue weighted by atomic mass is 9.89. The molecule has 16 heavy (non-hydrogen) atoms. The lowest BCUT2D eigenvalue weighted by Crippen LogP contribution is -2.31. The minimum Gasteiger partial charge on any atom is -0.310 e. The predicted molar refractivity (Wildman–Crippen MR) is 64.3 cm³/mol. The van der Waals surface area contributed by atoms with Gasteiger partial charge in [0.15, 0.2) is 0 Å². The van der Waals surface area contributed by atoms with Crippen LogP contribution in [0.5, 0.6) is 0 Å². The molecule has 0 bridgehead atoms. The van der Waals surface area contributed by atoms with Crippen molar-refractivity contribution in [3.05, 3.63) is 12.2 Å². The first kappa shape index (κ1) is 11.9. The van der Waals surface area contributed by atoms with Crippen molar-refractivity contribution < 1.29 is 0 Å². The SMILES string of the molecule is Cn1ncnc1CNCC1CCCCC1Cl. The van der Waals surface area contributed by atoms with Crippen molar-refractivity contribution >= 4 is 11.6 Å². The van der Waals surface area contributed by atoms with Crippen LogP contribution in [0, 0.1) is 5.92 Å². The molecule has 0 aromatic carbocycles. The number of halogens is 1. The summed E-state index contributed by atoms with van der Waals surface area (Å²) in [4.78, 5) is 4.17. The molecule has 0 spiro atoms. The largest absolute Gasteiger partial charge is 0.310 e. The molecule has 1 heterocycles. The van der Waals surface area contributed by atoms with Crippen molar-refractivity contribution in [3.63, 3.8) is 0 Å². The van der Waals surface area contributed by atoms with Gasteiger partial charge in [-0.05, 0) is 25.3 Å². The van der Waals surface area contributed by atoms with Gasteiger partial charge in [-0.15, -0.1) is 11.6 Å². The molecular weight excluding hydrogens is 224 g/mol. The Morgan fingerprint density at radius 3 is 3.00 bits per heavy atom. The molecule has 1 aliphatic rings. The van der Waals surface area contributed by atoms with Gasteiger partial charge in [0, 0.05) is 12.4 Å². The molecule has 1 aromatic heterocycles. The van der Waals surface area contributed by atoms with E-state index in [4.69, 9.17) is 11.6 Å². The fraction of sp³-hybridized carbons (Fsp3) is 0.818. The first-order valence-corrected chi connectivity index (χ1v) is 6.38. The molecule has 0 amide bonds. The average Bonchev–Trinajstić information content (AvgIpc) is 2.67. The number of aromatic nitrogens is 3. The van der Waals surface area contributed by atoms with Crippen LogP contribution in [-0.4, -0.2) is 26.7 Å². The Balaban J connectivity index is 1.73. The van der Waals surface area contributed by atoms with Crippen molar-refractivity contribution in [1.29, 1.82) is 0 Å². The van der Waals surface area contributed by atoms with E-state index >= 15 is 0 Å². The molecule has 0 aliphatic heterocycles. The lowest BCUT2D eigenvalue weighted by molar-refractivity contribution is 0.346. The number of alkyl halides is 1. The number of nitrogens with zero attached hydrogens (tertiary/aromatic N) is 3. The minimum absolute atomic E-state index is 0.348. The molecule has 1 aromatic rings. The molecular formula is C11H19ClN4. The normalized spacial score (nSPS) is 25.9. The number of nitrogens with one attached hydrogen (secondary N) is 1. The Labute approximate surface area is 101 Å². The van der Waals surface area contributed by atoms with Crippen molar-refractivity contribution in [3.8, 4) is 0 Å². The fourth-order valence-electron chi connectivity index (χ4n) is 2.24. The molecule has 2 unspecified atom stereocenters. The molecule has 4 nitrogen and oxygen atoms in total. The maximum Gasteiger partial charge on any atom is 0.140 e. The molecule has 2 rings (SSSR count). The van der Waals surface area contributed by atoms with Crippen LogP contribution in [0.1, 0.15) is 31.5 Å². The van der Waals surface area contributed by atoms with Crippen LogP contribution in [0.3, 0.4) is 0 Å². The van der Waals surface area contributed by atoms with Gasteiger partial charge in [0.25, 0.3) is 0 Å². The Bertz CT molecular complexity index is 326. The minimum atomic E-state index is 0.348. The molecule has 2 atom stereocenters. The number of hydrogen-bond donors (Lipinski definition) is 1. The fourth-order valence-corrected chi connectivity index (χ4v) is 2.61.